The highest BCUT2D eigenvalue weighted by atomic mass is 28.4. The van der Waals surface area contributed by atoms with Crippen molar-refractivity contribution in [2.45, 2.75) is 38.9 Å². The van der Waals surface area contributed by atoms with Gasteiger partial charge in [0.25, 0.3) is 7.41 Å². The van der Waals surface area contributed by atoms with Gasteiger partial charge < -0.3 is 14.0 Å². The quantitative estimate of drug-likeness (QED) is 0.393. The molecule has 0 atom stereocenters. The Morgan fingerprint density at radius 3 is 2.47 bits per heavy atom. The molecule has 0 aromatic rings. The maximum atomic E-state index is 10.4. The van der Waals surface area contributed by atoms with Crippen LogP contribution in [0.2, 0.25) is 18.1 Å². The standard InChI is InChI=1S/C12H23BNO2Si/c1-7-8-14(13-11-15)9-10-16-17(5,6)12(2,3)4/h1,11H,8-10H2,2-6H3. The average Bonchev–Trinajstić information content (AvgIpc) is 2.16. The van der Waals surface area contributed by atoms with Gasteiger partial charge in [0, 0.05) is 13.2 Å². The maximum absolute atomic E-state index is 10.4. The number of terminal acetylenes is 1. The van der Waals surface area contributed by atoms with Crippen molar-refractivity contribution in [3.8, 4) is 12.3 Å². The summed E-state index contributed by atoms with van der Waals surface area (Å²) < 4.78 is 6.01. The minimum absolute atomic E-state index is 0.207. The van der Waals surface area contributed by atoms with Crippen molar-refractivity contribution >= 4 is 21.9 Å². The van der Waals surface area contributed by atoms with E-state index in [1.165, 1.54) is 7.41 Å². The number of rotatable bonds is 7. The highest BCUT2D eigenvalue weighted by Gasteiger charge is 2.36. The van der Waals surface area contributed by atoms with E-state index in [1.807, 2.05) is 0 Å². The van der Waals surface area contributed by atoms with E-state index >= 15 is 0 Å². The second-order valence-corrected chi connectivity index (χ2v) is 10.4. The van der Waals surface area contributed by atoms with Gasteiger partial charge >= 0.3 is 0 Å². The lowest BCUT2D eigenvalue weighted by atomic mass is 9.95. The van der Waals surface area contributed by atoms with Gasteiger partial charge in [-0.3, -0.25) is 0 Å². The second kappa shape index (κ2) is 7.00. The lowest BCUT2D eigenvalue weighted by Crippen LogP contribution is -2.43. The van der Waals surface area contributed by atoms with Gasteiger partial charge in [0.05, 0.1) is 12.7 Å². The average molecular weight is 252 g/mol. The molecule has 0 aliphatic carbocycles. The van der Waals surface area contributed by atoms with E-state index in [0.29, 0.717) is 19.7 Å². The Kier molecular flexibility index (Phi) is 6.76. The summed E-state index contributed by atoms with van der Waals surface area (Å²) >= 11 is 0. The van der Waals surface area contributed by atoms with Crippen LogP contribution >= 0.6 is 0 Å². The van der Waals surface area contributed by atoms with Crippen LogP contribution in [0.15, 0.2) is 0 Å². The molecule has 0 heterocycles. The first kappa shape index (κ1) is 16.4. The minimum Gasteiger partial charge on any atom is -0.416 e. The van der Waals surface area contributed by atoms with Gasteiger partial charge in [-0.2, -0.15) is 0 Å². The van der Waals surface area contributed by atoms with E-state index in [-0.39, 0.29) is 5.04 Å². The summed E-state index contributed by atoms with van der Waals surface area (Å²) in [6, 6.07) is 0. The smallest absolute Gasteiger partial charge is 0.294 e. The molecule has 0 bridgehead atoms. The van der Waals surface area contributed by atoms with Crippen molar-refractivity contribution < 1.29 is 9.22 Å². The molecule has 3 nitrogen and oxygen atoms in total. The summed E-state index contributed by atoms with van der Waals surface area (Å²) in [5, 5.41) is 0.207. The summed E-state index contributed by atoms with van der Waals surface area (Å²) in [6.07, 6.45) is 5.98. The molecule has 0 saturated carbocycles. The summed E-state index contributed by atoms with van der Waals surface area (Å²) in [5.41, 5.74) is 0. The Labute approximate surface area is 107 Å². The Morgan fingerprint density at radius 1 is 1.47 bits per heavy atom. The zero-order valence-corrected chi connectivity index (χ0v) is 12.6. The molecule has 0 spiro atoms. The minimum atomic E-state index is -1.70. The lowest BCUT2D eigenvalue weighted by molar-refractivity contribution is 0.261. The summed E-state index contributed by atoms with van der Waals surface area (Å²) in [7, 11) is -0.231. The van der Waals surface area contributed by atoms with Crippen molar-refractivity contribution in [2.75, 3.05) is 19.7 Å². The normalized spacial score (nSPS) is 12.3. The highest BCUT2D eigenvalue weighted by Crippen LogP contribution is 2.36. The SMILES string of the molecule is C#CCN([B]C=O)CCO[Si](C)(C)C(C)(C)C. The van der Waals surface area contributed by atoms with Crippen LogP contribution in [0.3, 0.4) is 0 Å². The third kappa shape index (κ3) is 6.06. The topological polar surface area (TPSA) is 29.5 Å². The van der Waals surface area contributed by atoms with Crippen LogP contribution in [0, 0.1) is 12.3 Å². The van der Waals surface area contributed by atoms with Crippen LogP contribution in [0.4, 0.5) is 0 Å². The van der Waals surface area contributed by atoms with Gasteiger partial charge in [-0.15, -0.1) is 6.42 Å². The maximum Gasteiger partial charge on any atom is 0.294 e. The van der Waals surface area contributed by atoms with Gasteiger partial charge in [-0.1, -0.05) is 26.7 Å². The summed E-state index contributed by atoms with van der Waals surface area (Å²) in [5.74, 6) is 2.52. The van der Waals surface area contributed by atoms with Gasteiger partial charge in [0.1, 0.15) is 0 Å². The van der Waals surface area contributed by atoms with E-state index in [2.05, 4.69) is 39.8 Å². The Morgan fingerprint density at radius 2 is 2.06 bits per heavy atom. The molecule has 0 fully saturated rings. The summed E-state index contributed by atoms with van der Waals surface area (Å²) in [4.78, 5) is 12.2. The molecule has 0 aromatic heterocycles. The van der Waals surface area contributed by atoms with Crippen LogP contribution in [-0.2, 0) is 9.22 Å². The third-order valence-corrected chi connectivity index (χ3v) is 7.75. The van der Waals surface area contributed by atoms with Gasteiger partial charge in [-0.25, -0.2) is 0 Å². The second-order valence-electron chi connectivity index (χ2n) is 5.57. The molecular weight excluding hydrogens is 229 g/mol. The van der Waals surface area contributed by atoms with E-state index in [1.54, 1.807) is 4.81 Å². The molecule has 5 heteroatoms. The predicted octanol–water partition coefficient (Wildman–Crippen LogP) is 1.75. The fourth-order valence-electron chi connectivity index (χ4n) is 1.04. The van der Waals surface area contributed by atoms with E-state index < -0.39 is 8.32 Å². The molecule has 0 aromatic carbocycles. The number of hydrogen-bond donors (Lipinski definition) is 0. The van der Waals surface area contributed by atoms with Crippen LogP contribution < -0.4 is 0 Å². The number of hydrogen-bond acceptors (Lipinski definition) is 3. The molecule has 17 heavy (non-hydrogen) atoms. The number of nitrogens with zero attached hydrogens (tertiary/aromatic N) is 1. The first-order valence-electron chi connectivity index (χ1n) is 5.84. The molecule has 0 aliphatic heterocycles. The van der Waals surface area contributed by atoms with E-state index in [9.17, 15) is 4.79 Å². The largest absolute Gasteiger partial charge is 0.416 e. The van der Waals surface area contributed by atoms with Crippen LogP contribution in [0.1, 0.15) is 20.8 Å². The van der Waals surface area contributed by atoms with Crippen molar-refractivity contribution in [3.05, 3.63) is 0 Å². The highest BCUT2D eigenvalue weighted by molar-refractivity contribution is 6.74. The summed E-state index contributed by atoms with van der Waals surface area (Å²) in [6.45, 7) is 12.8. The molecule has 0 unspecified atom stereocenters. The zero-order chi connectivity index (χ0) is 13.5. The van der Waals surface area contributed by atoms with Gasteiger partial charge in [0.15, 0.2) is 8.32 Å². The predicted molar refractivity (Wildman–Crippen MR) is 76.1 cm³/mol. The van der Waals surface area contributed by atoms with Crippen molar-refractivity contribution in [1.82, 2.24) is 4.81 Å². The molecule has 95 valence electrons. The molecule has 0 N–H and O–H groups in total. The number of carbonyl (C=O) groups is 1. The van der Waals surface area contributed by atoms with E-state index in [4.69, 9.17) is 10.8 Å². The van der Waals surface area contributed by atoms with Crippen molar-refractivity contribution in [2.24, 2.45) is 0 Å². The van der Waals surface area contributed by atoms with Gasteiger partial charge in [-0.05, 0) is 18.1 Å². The Hall–Kier alpha value is -0.568. The Bertz CT molecular complexity index is 281. The van der Waals surface area contributed by atoms with Crippen LogP contribution in [0.5, 0.6) is 0 Å². The first-order chi connectivity index (χ1) is 7.74. The number of carbonyl (C=O) groups excluding carboxylic acids is 1. The van der Waals surface area contributed by atoms with Crippen molar-refractivity contribution in [3.63, 3.8) is 0 Å². The van der Waals surface area contributed by atoms with Gasteiger partial charge in [0.2, 0.25) is 0 Å². The fraction of sp³-hybridized carbons (Fsp3) is 0.750. The lowest BCUT2D eigenvalue weighted by Gasteiger charge is -2.36. The van der Waals surface area contributed by atoms with Crippen molar-refractivity contribution in [1.29, 1.82) is 0 Å². The molecule has 0 aliphatic rings. The molecule has 0 saturated heterocycles. The van der Waals surface area contributed by atoms with Crippen LogP contribution in [0.25, 0.3) is 0 Å². The first-order valence-corrected chi connectivity index (χ1v) is 8.75. The fourth-order valence-corrected chi connectivity index (χ4v) is 2.08. The zero-order valence-electron chi connectivity index (χ0n) is 11.6. The van der Waals surface area contributed by atoms with Crippen LogP contribution in [-0.4, -0.2) is 46.4 Å². The molecule has 0 amide bonds. The molecule has 0 rings (SSSR count). The monoisotopic (exact) mass is 252 g/mol. The third-order valence-electron chi connectivity index (χ3n) is 3.21. The molecular formula is C12H23BNO2Si. The molecule has 1 radical (unpaired) electrons. The van der Waals surface area contributed by atoms with E-state index in [0.717, 1.165) is 6.19 Å². The Balaban J connectivity index is 4.12.